The van der Waals surface area contributed by atoms with Gasteiger partial charge in [-0.05, 0) is 30.5 Å². The van der Waals surface area contributed by atoms with Gasteiger partial charge in [-0.15, -0.1) is 0 Å². The van der Waals surface area contributed by atoms with Gasteiger partial charge in [-0.25, -0.2) is 4.98 Å². The number of Topliss-reactive ketones (excluding diaryl/α,β-unsaturated/α-hetero) is 1. The number of rotatable bonds is 10. The lowest BCUT2D eigenvalue weighted by Crippen LogP contribution is -2.40. The molecule has 2 unspecified atom stereocenters. The van der Waals surface area contributed by atoms with E-state index in [4.69, 9.17) is 4.74 Å². The average Bonchev–Trinajstić information content (AvgIpc) is 3.38. The van der Waals surface area contributed by atoms with Gasteiger partial charge in [0.2, 0.25) is 5.91 Å². The molecule has 0 fully saturated rings. The van der Waals surface area contributed by atoms with E-state index in [0.29, 0.717) is 24.3 Å². The smallest absolute Gasteiger partial charge is 0.224 e. The van der Waals surface area contributed by atoms with Gasteiger partial charge in [0.05, 0.1) is 30.9 Å². The molecule has 0 saturated carbocycles. The number of ether oxygens (including phenoxy) is 1. The van der Waals surface area contributed by atoms with Crippen molar-refractivity contribution >= 4 is 22.6 Å². The molecular weight excluding hydrogens is 406 g/mol. The third kappa shape index (κ3) is 5.55. The molecule has 0 saturated heterocycles. The molecule has 1 amide bonds. The van der Waals surface area contributed by atoms with Crippen molar-refractivity contribution in [2.45, 2.75) is 39.2 Å². The van der Waals surface area contributed by atoms with Crippen LogP contribution in [0.25, 0.3) is 10.9 Å². The van der Waals surface area contributed by atoms with Crippen LogP contribution in [0.4, 0.5) is 0 Å². The van der Waals surface area contributed by atoms with Gasteiger partial charge in [-0.1, -0.05) is 19.9 Å². The van der Waals surface area contributed by atoms with Crippen LogP contribution in [0.1, 0.15) is 42.9 Å². The molecule has 2 atom stereocenters. The molecular formula is C24H29N5O3. The third-order valence-electron chi connectivity index (χ3n) is 5.35. The van der Waals surface area contributed by atoms with Crippen molar-refractivity contribution in [3.63, 3.8) is 0 Å². The minimum absolute atomic E-state index is 0.0564. The zero-order valence-electron chi connectivity index (χ0n) is 18.9. The number of nitrogens with one attached hydrogen (secondary N) is 2. The number of nitrogens with zero attached hydrogens (tertiary/aromatic N) is 3. The van der Waals surface area contributed by atoms with Crippen molar-refractivity contribution in [3.8, 4) is 11.8 Å². The number of ketones is 1. The second kappa shape index (κ2) is 10.1. The number of carbonyl (C=O) groups excluding carboxylic acids is 2. The number of aromatic nitrogens is 3. The largest absolute Gasteiger partial charge is 0.496 e. The summed E-state index contributed by atoms with van der Waals surface area (Å²) >= 11 is 0. The second-order valence-corrected chi connectivity index (χ2v) is 8.48. The number of benzene rings is 1. The van der Waals surface area contributed by atoms with E-state index in [9.17, 15) is 14.9 Å². The molecule has 2 N–H and O–H groups in total. The summed E-state index contributed by atoms with van der Waals surface area (Å²) in [5, 5.41) is 13.1. The maximum absolute atomic E-state index is 13.0. The molecule has 0 bridgehead atoms. The van der Waals surface area contributed by atoms with Gasteiger partial charge in [0, 0.05) is 42.9 Å². The predicted molar refractivity (Wildman–Crippen MR) is 121 cm³/mol. The van der Waals surface area contributed by atoms with Gasteiger partial charge in [0.25, 0.3) is 0 Å². The molecule has 3 rings (SSSR count). The van der Waals surface area contributed by atoms with E-state index < -0.39 is 12.0 Å². The first-order valence-corrected chi connectivity index (χ1v) is 10.7. The van der Waals surface area contributed by atoms with E-state index in [-0.39, 0.29) is 24.0 Å². The predicted octanol–water partition coefficient (Wildman–Crippen LogP) is 3.40. The lowest BCUT2D eigenvalue weighted by molar-refractivity contribution is -0.125. The van der Waals surface area contributed by atoms with Crippen LogP contribution in [0, 0.1) is 23.2 Å². The van der Waals surface area contributed by atoms with Crippen LogP contribution in [0.15, 0.2) is 36.8 Å². The van der Waals surface area contributed by atoms with E-state index in [0.717, 1.165) is 16.6 Å². The number of nitriles is 1. The number of hydrogen-bond donors (Lipinski definition) is 2. The normalized spacial score (nSPS) is 13.0. The highest BCUT2D eigenvalue weighted by molar-refractivity contribution is 6.02. The molecule has 8 nitrogen and oxygen atoms in total. The fourth-order valence-corrected chi connectivity index (χ4v) is 3.84. The highest BCUT2D eigenvalue weighted by atomic mass is 16.5. The standard InChI is InChI=1S/C24H29N5O3/c1-15(2)8-16(24(31)27-17(12-25)10-18-13-29(3)14-26-18)9-22(30)21-11-19-20(28-21)6-5-7-23(19)32-4/h5-7,11,13-17,28H,8-10H2,1-4H3,(H,27,31). The summed E-state index contributed by atoms with van der Waals surface area (Å²) in [6.07, 6.45) is 4.38. The Hall–Kier alpha value is -3.60. The van der Waals surface area contributed by atoms with E-state index >= 15 is 0 Å². The number of amides is 1. The monoisotopic (exact) mass is 435 g/mol. The van der Waals surface area contributed by atoms with Crippen LogP contribution < -0.4 is 10.1 Å². The number of methoxy groups -OCH3 is 1. The van der Waals surface area contributed by atoms with Crippen LogP contribution >= 0.6 is 0 Å². The molecule has 168 valence electrons. The maximum Gasteiger partial charge on any atom is 0.224 e. The Balaban J connectivity index is 1.73. The van der Waals surface area contributed by atoms with E-state index in [1.807, 2.05) is 45.3 Å². The fraction of sp³-hybridized carbons (Fsp3) is 0.417. The van der Waals surface area contributed by atoms with Crippen LogP contribution in [0.3, 0.4) is 0 Å². The summed E-state index contributed by atoms with van der Waals surface area (Å²) in [7, 11) is 3.43. The van der Waals surface area contributed by atoms with Gasteiger partial charge >= 0.3 is 0 Å². The topological polar surface area (TPSA) is 113 Å². The summed E-state index contributed by atoms with van der Waals surface area (Å²) in [4.78, 5) is 33.4. The van der Waals surface area contributed by atoms with Crippen molar-refractivity contribution in [2.24, 2.45) is 18.9 Å². The number of imidazole rings is 1. The number of fused-ring (bicyclic) bond motifs is 1. The Morgan fingerprint density at radius 3 is 2.75 bits per heavy atom. The van der Waals surface area contributed by atoms with E-state index in [1.54, 1.807) is 24.1 Å². The van der Waals surface area contributed by atoms with E-state index in [1.165, 1.54) is 0 Å². The Kier molecular flexibility index (Phi) is 7.31. The minimum atomic E-state index is -0.709. The number of aryl methyl sites for hydroxylation is 1. The molecule has 0 radical (unpaired) electrons. The summed E-state index contributed by atoms with van der Waals surface area (Å²) < 4.78 is 7.16. The minimum Gasteiger partial charge on any atom is -0.496 e. The molecule has 0 aliphatic carbocycles. The van der Waals surface area contributed by atoms with Gasteiger partial charge in [0.15, 0.2) is 5.78 Å². The highest BCUT2D eigenvalue weighted by Crippen LogP contribution is 2.27. The average molecular weight is 436 g/mol. The van der Waals surface area contributed by atoms with Gasteiger partial charge < -0.3 is 19.6 Å². The third-order valence-corrected chi connectivity index (χ3v) is 5.35. The summed E-state index contributed by atoms with van der Waals surface area (Å²) in [6.45, 7) is 4.02. The van der Waals surface area contributed by atoms with Crippen molar-refractivity contribution in [1.82, 2.24) is 19.9 Å². The Bertz CT molecular complexity index is 1140. The molecule has 1 aromatic carbocycles. The number of H-pyrrole nitrogens is 1. The molecule has 3 aromatic rings. The zero-order chi connectivity index (χ0) is 23.3. The van der Waals surface area contributed by atoms with E-state index in [2.05, 4.69) is 21.4 Å². The lowest BCUT2D eigenvalue weighted by Gasteiger charge is -2.20. The number of hydrogen-bond acceptors (Lipinski definition) is 5. The van der Waals surface area contributed by atoms with Crippen molar-refractivity contribution in [1.29, 1.82) is 5.26 Å². The second-order valence-electron chi connectivity index (χ2n) is 8.48. The Morgan fingerprint density at radius 1 is 1.34 bits per heavy atom. The molecule has 0 aliphatic heterocycles. The Labute approximate surface area is 187 Å². The van der Waals surface area contributed by atoms with Crippen molar-refractivity contribution in [2.75, 3.05) is 7.11 Å². The molecule has 2 heterocycles. The summed E-state index contributed by atoms with van der Waals surface area (Å²) in [5.41, 5.74) is 1.97. The SMILES string of the molecule is COc1cccc2[nH]c(C(=O)CC(CC(C)C)C(=O)NC(C#N)Cc3cn(C)cn3)cc12. The van der Waals surface area contributed by atoms with Gasteiger partial charge in [0.1, 0.15) is 11.8 Å². The summed E-state index contributed by atoms with van der Waals surface area (Å²) in [6, 6.07) is 8.75. The molecule has 32 heavy (non-hydrogen) atoms. The number of carbonyl (C=O) groups is 2. The van der Waals surface area contributed by atoms with Crippen LogP contribution in [0.2, 0.25) is 0 Å². The van der Waals surface area contributed by atoms with Crippen LogP contribution in [0.5, 0.6) is 5.75 Å². The maximum atomic E-state index is 13.0. The molecule has 8 heteroatoms. The fourth-order valence-electron chi connectivity index (χ4n) is 3.84. The van der Waals surface area contributed by atoms with Crippen LogP contribution in [-0.4, -0.2) is 39.4 Å². The Morgan fingerprint density at radius 2 is 2.12 bits per heavy atom. The van der Waals surface area contributed by atoms with Crippen molar-refractivity contribution < 1.29 is 14.3 Å². The first-order valence-electron chi connectivity index (χ1n) is 10.7. The first-order chi connectivity index (χ1) is 15.3. The molecule has 0 aliphatic rings. The highest BCUT2D eigenvalue weighted by Gasteiger charge is 2.26. The first kappa shape index (κ1) is 23.1. The van der Waals surface area contributed by atoms with Crippen LogP contribution in [-0.2, 0) is 18.3 Å². The summed E-state index contributed by atoms with van der Waals surface area (Å²) in [5.74, 6) is -0.0701. The van der Waals surface area contributed by atoms with Crippen molar-refractivity contribution in [3.05, 3.63) is 48.2 Å². The molecule has 0 spiro atoms. The quantitative estimate of drug-likeness (QED) is 0.474. The zero-order valence-corrected chi connectivity index (χ0v) is 18.9. The van der Waals surface area contributed by atoms with Gasteiger partial charge in [-0.3, -0.25) is 9.59 Å². The lowest BCUT2D eigenvalue weighted by atomic mass is 9.90. The van der Waals surface area contributed by atoms with Gasteiger partial charge in [-0.2, -0.15) is 5.26 Å². The molecule has 2 aromatic heterocycles. The number of aromatic amines is 1.